The van der Waals surface area contributed by atoms with Crippen molar-refractivity contribution in [3.8, 4) is 16.9 Å². The van der Waals surface area contributed by atoms with E-state index in [2.05, 4.69) is 47.4 Å². The summed E-state index contributed by atoms with van der Waals surface area (Å²) in [6, 6.07) is 16.5. The number of carboxylic acids is 1. The molecular weight excluding hydrogens is 470 g/mol. The van der Waals surface area contributed by atoms with Crippen LogP contribution in [0.25, 0.3) is 11.1 Å². The minimum atomic E-state index is -0.776. The second-order valence-electron chi connectivity index (χ2n) is 9.86. The molecule has 4 atom stereocenters. The van der Waals surface area contributed by atoms with E-state index in [0.717, 1.165) is 48.4 Å². The highest BCUT2D eigenvalue weighted by atomic mass is 16.5. The topological polar surface area (TPSA) is 88.5 Å². The number of methoxy groups -OCH3 is 1. The molecular formula is C30H39NO6. The number of allylic oxidation sites excluding steroid dienone is 2. The number of benzene rings is 2. The smallest absolute Gasteiger partial charge is 0.303 e. The first kappa shape index (κ1) is 27.3. The Morgan fingerprint density at radius 2 is 1.68 bits per heavy atom. The number of ether oxygens (including phenoxy) is 3. The fourth-order valence-electron chi connectivity index (χ4n) is 5.51. The monoisotopic (exact) mass is 509 g/mol. The summed E-state index contributed by atoms with van der Waals surface area (Å²) in [6.07, 6.45) is 6.61. The van der Waals surface area contributed by atoms with Gasteiger partial charge in [0.2, 0.25) is 0 Å². The number of aliphatic carboxylic acids is 1. The highest BCUT2D eigenvalue weighted by Crippen LogP contribution is 2.37. The lowest BCUT2D eigenvalue weighted by Crippen LogP contribution is -2.50. The largest absolute Gasteiger partial charge is 0.497 e. The van der Waals surface area contributed by atoms with E-state index in [1.54, 1.807) is 7.11 Å². The predicted molar refractivity (Wildman–Crippen MR) is 143 cm³/mol. The summed E-state index contributed by atoms with van der Waals surface area (Å²) in [5, 5.41) is 19.9. The Morgan fingerprint density at radius 3 is 2.32 bits per heavy atom. The summed E-state index contributed by atoms with van der Waals surface area (Å²) in [6.45, 7) is 3.54. The fraction of sp³-hybridized carbons (Fsp3) is 0.500. The zero-order valence-electron chi connectivity index (χ0n) is 21.6. The Kier molecular flexibility index (Phi) is 10.1. The van der Waals surface area contributed by atoms with Gasteiger partial charge in [0.05, 0.1) is 39.1 Å². The van der Waals surface area contributed by atoms with Crippen LogP contribution in [0, 0.1) is 5.92 Å². The van der Waals surface area contributed by atoms with Crippen molar-refractivity contribution < 1.29 is 29.2 Å². The van der Waals surface area contributed by atoms with Crippen molar-refractivity contribution in [2.24, 2.45) is 5.92 Å². The molecule has 2 aliphatic rings. The Labute approximate surface area is 219 Å². The number of aliphatic hydroxyl groups excluding tert-OH is 1. The van der Waals surface area contributed by atoms with E-state index in [0.29, 0.717) is 32.7 Å². The molecule has 7 heteroatoms. The molecule has 200 valence electrons. The van der Waals surface area contributed by atoms with Gasteiger partial charge in [-0.1, -0.05) is 48.6 Å². The SMILES string of the molecule is COc1ccc(-c2ccc(CO[C@H]3C[C@@H](O)[C@H](N4CCOCC4)[C@H]3CC/C=C\CCC(=O)O)cc2)cc1. The van der Waals surface area contributed by atoms with Gasteiger partial charge in [0, 0.05) is 37.9 Å². The second-order valence-corrected chi connectivity index (χ2v) is 9.86. The van der Waals surface area contributed by atoms with Crippen LogP contribution in [0.4, 0.5) is 0 Å². The molecule has 1 heterocycles. The van der Waals surface area contributed by atoms with Gasteiger partial charge in [-0.25, -0.2) is 0 Å². The van der Waals surface area contributed by atoms with Gasteiger partial charge in [0.25, 0.3) is 0 Å². The predicted octanol–water partition coefficient (Wildman–Crippen LogP) is 4.53. The minimum Gasteiger partial charge on any atom is -0.497 e. The molecule has 0 spiro atoms. The zero-order chi connectivity index (χ0) is 26.0. The molecule has 37 heavy (non-hydrogen) atoms. The molecule has 2 aromatic rings. The van der Waals surface area contributed by atoms with Crippen molar-refractivity contribution in [2.75, 3.05) is 33.4 Å². The van der Waals surface area contributed by atoms with Crippen LogP contribution >= 0.6 is 0 Å². The lowest BCUT2D eigenvalue weighted by molar-refractivity contribution is -0.136. The van der Waals surface area contributed by atoms with Crippen LogP contribution < -0.4 is 4.74 Å². The average molecular weight is 510 g/mol. The molecule has 2 N–H and O–H groups in total. The number of morpholine rings is 1. The van der Waals surface area contributed by atoms with Gasteiger partial charge in [0.15, 0.2) is 0 Å². The summed E-state index contributed by atoms with van der Waals surface area (Å²) < 4.78 is 17.2. The van der Waals surface area contributed by atoms with E-state index in [-0.39, 0.29) is 24.5 Å². The third kappa shape index (κ3) is 7.65. The van der Waals surface area contributed by atoms with Crippen LogP contribution in [0.1, 0.15) is 37.7 Å². The van der Waals surface area contributed by atoms with Gasteiger partial charge in [0.1, 0.15) is 5.75 Å². The van der Waals surface area contributed by atoms with Gasteiger partial charge in [-0.15, -0.1) is 0 Å². The van der Waals surface area contributed by atoms with Crippen LogP contribution in [-0.4, -0.2) is 72.7 Å². The molecule has 0 aromatic heterocycles. The summed E-state index contributed by atoms with van der Waals surface area (Å²) in [7, 11) is 1.67. The number of carboxylic acid groups (broad SMARTS) is 1. The van der Waals surface area contributed by atoms with Crippen molar-refractivity contribution >= 4 is 5.97 Å². The molecule has 0 amide bonds. The minimum absolute atomic E-state index is 0.0310. The molecule has 2 fully saturated rings. The summed E-state index contributed by atoms with van der Waals surface area (Å²) in [4.78, 5) is 13.1. The Morgan fingerprint density at radius 1 is 1.03 bits per heavy atom. The number of hydrogen-bond donors (Lipinski definition) is 2. The molecule has 1 saturated carbocycles. The van der Waals surface area contributed by atoms with Crippen LogP contribution in [0.3, 0.4) is 0 Å². The molecule has 0 radical (unpaired) electrons. The highest BCUT2D eigenvalue weighted by Gasteiger charge is 2.45. The first-order chi connectivity index (χ1) is 18.0. The summed E-state index contributed by atoms with van der Waals surface area (Å²) in [5.74, 6) is 0.269. The molecule has 4 rings (SSSR count). The Balaban J connectivity index is 1.37. The third-order valence-electron chi connectivity index (χ3n) is 7.45. The van der Waals surface area contributed by atoms with Crippen LogP contribution in [0.2, 0.25) is 0 Å². The standard InChI is InChI=1S/C30H39NO6/c1-35-25-14-12-24(13-15-25)23-10-8-22(9-11-23)21-37-28-20-27(32)30(31-16-18-36-19-17-31)26(28)6-4-2-3-5-7-29(33)34/h2-3,8-15,26-28,30,32H,4-7,16-21H2,1H3,(H,33,34)/b3-2-/t26-,27+,28-,30+/m0/s1. The average Bonchev–Trinajstić information content (AvgIpc) is 3.24. The first-order valence-electron chi connectivity index (χ1n) is 13.3. The second kappa shape index (κ2) is 13.7. The molecule has 1 saturated heterocycles. The van der Waals surface area contributed by atoms with Crippen molar-refractivity contribution in [3.63, 3.8) is 0 Å². The quantitative estimate of drug-likeness (QED) is 0.407. The van der Waals surface area contributed by atoms with Crippen molar-refractivity contribution in [1.29, 1.82) is 0 Å². The normalized spacial score (nSPS) is 24.5. The fourth-order valence-corrected chi connectivity index (χ4v) is 5.51. The number of nitrogens with zero attached hydrogens (tertiary/aromatic N) is 1. The summed E-state index contributed by atoms with van der Waals surface area (Å²) >= 11 is 0. The van der Waals surface area contributed by atoms with Gasteiger partial charge in [-0.3, -0.25) is 9.69 Å². The molecule has 0 bridgehead atoms. The lowest BCUT2D eigenvalue weighted by Gasteiger charge is -2.38. The van der Waals surface area contributed by atoms with Gasteiger partial charge in [-0.2, -0.15) is 0 Å². The number of aliphatic hydroxyl groups is 1. The summed E-state index contributed by atoms with van der Waals surface area (Å²) in [5.41, 5.74) is 3.38. The maximum atomic E-state index is 11.0. The van der Waals surface area contributed by atoms with E-state index >= 15 is 0 Å². The van der Waals surface area contributed by atoms with E-state index in [1.807, 2.05) is 18.2 Å². The molecule has 0 unspecified atom stereocenters. The highest BCUT2D eigenvalue weighted by molar-refractivity contribution is 5.66. The van der Waals surface area contributed by atoms with Gasteiger partial charge < -0.3 is 24.4 Å². The molecule has 1 aliphatic carbocycles. The number of hydrogen-bond acceptors (Lipinski definition) is 6. The Hall–Kier alpha value is -2.71. The van der Waals surface area contributed by atoms with E-state index < -0.39 is 12.1 Å². The van der Waals surface area contributed by atoms with E-state index in [9.17, 15) is 9.90 Å². The van der Waals surface area contributed by atoms with Crippen LogP contribution in [0.15, 0.2) is 60.7 Å². The first-order valence-corrected chi connectivity index (χ1v) is 13.3. The zero-order valence-corrected chi connectivity index (χ0v) is 21.6. The van der Waals surface area contributed by atoms with Gasteiger partial charge in [-0.05, 0) is 48.1 Å². The van der Waals surface area contributed by atoms with Crippen LogP contribution in [-0.2, 0) is 20.9 Å². The molecule has 2 aromatic carbocycles. The van der Waals surface area contributed by atoms with Crippen molar-refractivity contribution in [3.05, 3.63) is 66.2 Å². The van der Waals surface area contributed by atoms with Crippen molar-refractivity contribution in [1.82, 2.24) is 4.90 Å². The van der Waals surface area contributed by atoms with Crippen molar-refractivity contribution in [2.45, 2.75) is 57.0 Å². The third-order valence-corrected chi connectivity index (χ3v) is 7.45. The molecule has 1 aliphatic heterocycles. The van der Waals surface area contributed by atoms with Gasteiger partial charge >= 0.3 is 5.97 Å². The lowest BCUT2D eigenvalue weighted by atomic mass is 9.93. The Bertz CT molecular complexity index is 1000. The number of carbonyl (C=O) groups is 1. The molecule has 7 nitrogen and oxygen atoms in total. The van der Waals surface area contributed by atoms with E-state index in [1.165, 1.54) is 0 Å². The maximum absolute atomic E-state index is 11.0. The maximum Gasteiger partial charge on any atom is 0.303 e. The van der Waals surface area contributed by atoms with Crippen LogP contribution in [0.5, 0.6) is 5.75 Å². The van der Waals surface area contributed by atoms with E-state index in [4.69, 9.17) is 19.3 Å². The number of rotatable bonds is 12.